The molecule has 2 aromatic rings. The van der Waals surface area contributed by atoms with Crippen LogP contribution < -0.4 is 9.47 Å². The Kier molecular flexibility index (Phi) is 10.5. The van der Waals surface area contributed by atoms with E-state index in [1.165, 1.54) is 18.2 Å². The zero-order valence-electron chi connectivity index (χ0n) is 18.4. The molecule has 0 fully saturated rings. The van der Waals surface area contributed by atoms with Crippen molar-refractivity contribution in [2.75, 3.05) is 6.61 Å². The minimum atomic E-state index is -0.509. The highest BCUT2D eigenvalue weighted by Crippen LogP contribution is 2.30. The molecule has 0 spiro atoms. The molecule has 2 rings (SSSR count). The molecular weight excluding hydrogens is 408 g/mol. The first-order valence-electron chi connectivity index (χ1n) is 10.6. The van der Waals surface area contributed by atoms with E-state index in [0.29, 0.717) is 18.4 Å². The van der Waals surface area contributed by atoms with Crippen LogP contribution in [0.3, 0.4) is 0 Å². The molecule has 0 radical (unpaired) electrons. The number of ether oxygens (including phenoxy) is 3. The van der Waals surface area contributed by atoms with Crippen molar-refractivity contribution in [2.24, 2.45) is 0 Å². The van der Waals surface area contributed by atoms with E-state index in [2.05, 4.69) is 0 Å². The fourth-order valence-corrected chi connectivity index (χ4v) is 2.64. The van der Waals surface area contributed by atoms with Crippen molar-refractivity contribution in [3.8, 4) is 11.5 Å². The van der Waals surface area contributed by atoms with E-state index in [4.69, 9.17) is 14.2 Å². The first kappa shape index (κ1) is 24.6. The van der Waals surface area contributed by atoms with Gasteiger partial charge in [-0.3, -0.25) is 9.59 Å². The van der Waals surface area contributed by atoms with Gasteiger partial charge in [0.15, 0.2) is 11.5 Å². The SMILES string of the molecule is CCCC(=O)Oc1ccc(/C=C/C(=O)OC/C=C/c2ccccc2)cc1OC(=O)CCC. The maximum absolute atomic E-state index is 12.0. The Bertz CT molecular complexity index is 960. The second-order valence-corrected chi connectivity index (χ2v) is 6.93. The van der Waals surface area contributed by atoms with Gasteiger partial charge in [0.05, 0.1) is 0 Å². The summed E-state index contributed by atoms with van der Waals surface area (Å²) in [5, 5.41) is 0. The second kappa shape index (κ2) is 13.6. The molecule has 6 nitrogen and oxygen atoms in total. The monoisotopic (exact) mass is 436 g/mol. The van der Waals surface area contributed by atoms with Gasteiger partial charge in [-0.15, -0.1) is 0 Å². The normalized spacial score (nSPS) is 10.9. The van der Waals surface area contributed by atoms with Gasteiger partial charge in [-0.05, 0) is 48.3 Å². The molecule has 0 amide bonds. The molecule has 0 atom stereocenters. The summed E-state index contributed by atoms with van der Waals surface area (Å²) in [5.74, 6) is -1.04. The molecule has 0 saturated heterocycles. The Labute approximate surface area is 188 Å². The van der Waals surface area contributed by atoms with Gasteiger partial charge in [0.25, 0.3) is 0 Å². The minimum Gasteiger partial charge on any atom is -0.458 e. The van der Waals surface area contributed by atoms with Crippen LogP contribution in [0.4, 0.5) is 0 Å². The molecule has 32 heavy (non-hydrogen) atoms. The lowest BCUT2D eigenvalue weighted by atomic mass is 10.2. The summed E-state index contributed by atoms with van der Waals surface area (Å²) >= 11 is 0. The zero-order valence-corrected chi connectivity index (χ0v) is 18.4. The third kappa shape index (κ3) is 9.00. The molecular formula is C26H28O6. The number of hydrogen-bond donors (Lipinski definition) is 0. The van der Waals surface area contributed by atoms with Crippen molar-refractivity contribution in [3.05, 3.63) is 71.8 Å². The molecule has 0 heterocycles. The van der Waals surface area contributed by atoms with Crippen molar-refractivity contribution >= 4 is 30.1 Å². The number of carbonyl (C=O) groups is 3. The van der Waals surface area contributed by atoms with Crippen molar-refractivity contribution in [1.82, 2.24) is 0 Å². The molecule has 0 bridgehead atoms. The topological polar surface area (TPSA) is 78.9 Å². The van der Waals surface area contributed by atoms with Crippen LogP contribution in [-0.2, 0) is 19.1 Å². The minimum absolute atomic E-state index is 0.134. The fraction of sp³-hybridized carbons (Fsp3) is 0.269. The van der Waals surface area contributed by atoms with Crippen LogP contribution in [0.15, 0.2) is 60.7 Å². The molecule has 0 aromatic heterocycles. The van der Waals surface area contributed by atoms with E-state index in [9.17, 15) is 14.4 Å². The van der Waals surface area contributed by atoms with Crippen LogP contribution in [-0.4, -0.2) is 24.5 Å². The van der Waals surface area contributed by atoms with Crippen LogP contribution in [0.5, 0.6) is 11.5 Å². The Hall–Kier alpha value is -3.67. The molecule has 168 valence electrons. The van der Waals surface area contributed by atoms with Gasteiger partial charge in [0.1, 0.15) is 6.61 Å². The van der Waals surface area contributed by atoms with E-state index in [0.717, 1.165) is 5.56 Å². The molecule has 0 aliphatic heterocycles. The molecule has 0 aliphatic rings. The van der Waals surface area contributed by atoms with Crippen LogP contribution >= 0.6 is 0 Å². The summed E-state index contributed by atoms with van der Waals surface area (Å²) in [7, 11) is 0. The van der Waals surface area contributed by atoms with Gasteiger partial charge >= 0.3 is 17.9 Å². The summed E-state index contributed by atoms with van der Waals surface area (Å²) < 4.78 is 15.8. The quantitative estimate of drug-likeness (QED) is 0.268. The average molecular weight is 437 g/mol. The predicted molar refractivity (Wildman–Crippen MR) is 123 cm³/mol. The van der Waals surface area contributed by atoms with E-state index in [1.54, 1.807) is 18.2 Å². The summed E-state index contributed by atoms with van der Waals surface area (Å²) in [4.78, 5) is 35.8. The molecule has 0 N–H and O–H groups in total. The van der Waals surface area contributed by atoms with E-state index < -0.39 is 17.9 Å². The van der Waals surface area contributed by atoms with E-state index in [-0.39, 0.29) is 30.9 Å². The van der Waals surface area contributed by atoms with Gasteiger partial charge in [-0.25, -0.2) is 4.79 Å². The van der Waals surface area contributed by atoms with Crippen LogP contribution in [0.1, 0.15) is 50.7 Å². The first-order valence-corrected chi connectivity index (χ1v) is 10.6. The summed E-state index contributed by atoms with van der Waals surface area (Å²) in [5.41, 5.74) is 1.61. The van der Waals surface area contributed by atoms with Gasteiger partial charge in [0.2, 0.25) is 0 Å². The molecule has 0 saturated carbocycles. The number of hydrogen-bond acceptors (Lipinski definition) is 6. The average Bonchev–Trinajstić information content (AvgIpc) is 2.78. The van der Waals surface area contributed by atoms with E-state index >= 15 is 0 Å². The molecule has 2 aromatic carbocycles. The van der Waals surface area contributed by atoms with Gasteiger partial charge in [0, 0.05) is 18.9 Å². The lowest BCUT2D eigenvalue weighted by Crippen LogP contribution is -2.11. The van der Waals surface area contributed by atoms with Gasteiger partial charge in [-0.2, -0.15) is 0 Å². The van der Waals surface area contributed by atoms with Crippen molar-refractivity contribution in [2.45, 2.75) is 39.5 Å². The van der Waals surface area contributed by atoms with Crippen molar-refractivity contribution in [1.29, 1.82) is 0 Å². The number of benzene rings is 2. The first-order chi connectivity index (χ1) is 15.5. The van der Waals surface area contributed by atoms with Crippen LogP contribution in [0.25, 0.3) is 12.2 Å². The molecule has 6 heteroatoms. The summed E-state index contributed by atoms with van der Waals surface area (Å²) in [6.45, 7) is 3.88. The Morgan fingerprint density at radius 2 is 1.44 bits per heavy atom. The number of esters is 3. The Balaban J connectivity index is 2.01. The third-order valence-corrected chi connectivity index (χ3v) is 4.17. The fourth-order valence-electron chi connectivity index (χ4n) is 2.64. The highest BCUT2D eigenvalue weighted by molar-refractivity contribution is 5.87. The van der Waals surface area contributed by atoms with Crippen LogP contribution in [0, 0.1) is 0 Å². The second-order valence-electron chi connectivity index (χ2n) is 6.93. The third-order valence-electron chi connectivity index (χ3n) is 4.17. The highest BCUT2D eigenvalue weighted by Gasteiger charge is 2.14. The number of rotatable bonds is 11. The van der Waals surface area contributed by atoms with Crippen molar-refractivity contribution < 1.29 is 28.6 Å². The van der Waals surface area contributed by atoms with Gasteiger partial charge in [-0.1, -0.05) is 56.3 Å². The van der Waals surface area contributed by atoms with Crippen molar-refractivity contribution in [3.63, 3.8) is 0 Å². The maximum atomic E-state index is 12.0. The van der Waals surface area contributed by atoms with Gasteiger partial charge < -0.3 is 14.2 Å². The summed E-state index contributed by atoms with van der Waals surface area (Å²) in [6, 6.07) is 14.4. The largest absolute Gasteiger partial charge is 0.458 e. The predicted octanol–water partition coefficient (Wildman–Crippen LogP) is 5.37. The standard InChI is InChI=1S/C26H28O6/c1-3-9-25(28)31-22-16-14-21(19-23(22)32-26(29)10-4-2)15-17-24(27)30-18-8-13-20-11-6-5-7-12-20/h5-8,11-17,19H,3-4,9-10,18H2,1-2H3/b13-8+,17-15+. The highest BCUT2D eigenvalue weighted by atomic mass is 16.6. The van der Waals surface area contributed by atoms with E-state index in [1.807, 2.05) is 50.3 Å². The Morgan fingerprint density at radius 3 is 2.09 bits per heavy atom. The molecule has 0 aliphatic carbocycles. The smallest absolute Gasteiger partial charge is 0.331 e. The maximum Gasteiger partial charge on any atom is 0.331 e. The molecule has 0 unspecified atom stereocenters. The van der Waals surface area contributed by atoms with Crippen LogP contribution in [0.2, 0.25) is 0 Å². The lowest BCUT2D eigenvalue weighted by molar-refractivity contribution is -0.137. The summed E-state index contributed by atoms with van der Waals surface area (Å²) in [6.07, 6.45) is 8.23. The lowest BCUT2D eigenvalue weighted by Gasteiger charge is -2.11. The Morgan fingerprint density at radius 1 is 0.781 bits per heavy atom. The zero-order chi connectivity index (χ0) is 23.2. The number of carbonyl (C=O) groups excluding carboxylic acids is 3.